The van der Waals surface area contributed by atoms with Gasteiger partial charge < -0.3 is 15.3 Å². The van der Waals surface area contributed by atoms with E-state index in [-0.39, 0.29) is 11.8 Å². The van der Waals surface area contributed by atoms with Crippen molar-refractivity contribution in [1.29, 1.82) is 0 Å². The molecule has 3 aromatic rings. The van der Waals surface area contributed by atoms with Crippen molar-refractivity contribution >= 4 is 34.8 Å². The van der Waals surface area contributed by atoms with Crippen molar-refractivity contribution < 1.29 is 14.7 Å². The predicted molar refractivity (Wildman–Crippen MR) is 128 cm³/mol. The fraction of sp³-hybridized carbons (Fsp3) is 0.231. The molecule has 6 heteroatoms. The van der Waals surface area contributed by atoms with Crippen molar-refractivity contribution in [2.45, 2.75) is 32.8 Å². The van der Waals surface area contributed by atoms with Crippen LogP contribution >= 0.6 is 11.6 Å². The number of hydrogen-bond acceptors (Lipinski definition) is 3. The van der Waals surface area contributed by atoms with Gasteiger partial charge in [0, 0.05) is 39.6 Å². The van der Waals surface area contributed by atoms with E-state index in [9.17, 15) is 14.7 Å². The fourth-order valence-electron chi connectivity index (χ4n) is 4.12. The van der Waals surface area contributed by atoms with E-state index in [1.807, 2.05) is 32.0 Å². The molecule has 1 atom stereocenters. The highest BCUT2D eigenvalue weighted by atomic mass is 35.5. The minimum absolute atomic E-state index is 0.142. The topological polar surface area (TPSA) is 69.6 Å². The summed E-state index contributed by atoms with van der Waals surface area (Å²) in [5.41, 5.74) is 4.81. The first-order valence-corrected chi connectivity index (χ1v) is 11.0. The normalized spacial score (nSPS) is 15.6. The van der Waals surface area contributed by atoms with Crippen LogP contribution in [0.25, 0.3) is 0 Å². The number of rotatable bonds is 3. The molecule has 0 unspecified atom stereocenters. The van der Waals surface area contributed by atoms with E-state index in [1.54, 1.807) is 47.4 Å². The summed E-state index contributed by atoms with van der Waals surface area (Å²) in [6.45, 7) is 4.26. The van der Waals surface area contributed by atoms with E-state index >= 15 is 0 Å². The number of fused-ring (bicyclic) bond motifs is 1. The van der Waals surface area contributed by atoms with Crippen LogP contribution in [0.15, 0.2) is 60.7 Å². The molecule has 1 heterocycles. The van der Waals surface area contributed by atoms with Crippen LogP contribution in [0.2, 0.25) is 5.02 Å². The Balaban J connectivity index is 1.60. The van der Waals surface area contributed by atoms with Crippen LogP contribution in [0.5, 0.6) is 0 Å². The van der Waals surface area contributed by atoms with Crippen LogP contribution in [0.1, 0.15) is 56.4 Å². The minimum Gasteiger partial charge on any atom is -0.388 e. The van der Waals surface area contributed by atoms with Gasteiger partial charge in [-0.25, -0.2) is 0 Å². The van der Waals surface area contributed by atoms with Gasteiger partial charge in [0.15, 0.2) is 0 Å². The van der Waals surface area contributed by atoms with Gasteiger partial charge in [-0.15, -0.1) is 0 Å². The molecule has 3 aromatic carbocycles. The molecule has 0 radical (unpaired) electrons. The van der Waals surface area contributed by atoms with Gasteiger partial charge in [0.05, 0.1) is 6.10 Å². The largest absolute Gasteiger partial charge is 0.388 e. The molecular weight excluding hydrogens is 424 g/mol. The molecule has 0 aliphatic carbocycles. The highest BCUT2D eigenvalue weighted by Gasteiger charge is 2.27. The molecule has 2 amide bonds. The van der Waals surface area contributed by atoms with Crippen LogP contribution in [-0.4, -0.2) is 23.5 Å². The molecule has 0 saturated carbocycles. The predicted octanol–water partition coefficient (Wildman–Crippen LogP) is 5.68. The van der Waals surface area contributed by atoms with Crippen LogP contribution in [0.4, 0.5) is 11.4 Å². The molecular formula is C26H25ClN2O3. The summed E-state index contributed by atoms with van der Waals surface area (Å²) in [7, 11) is 0. The summed E-state index contributed by atoms with van der Waals surface area (Å²) in [6, 6.07) is 17.9. The number of carbonyl (C=O) groups is 2. The second-order valence-corrected chi connectivity index (χ2v) is 8.55. The van der Waals surface area contributed by atoms with Crippen molar-refractivity contribution in [3.8, 4) is 0 Å². The number of benzene rings is 3. The van der Waals surface area contributed by atoms with Crippen molar-refractivity contribution in [2.75, 3.05) is 16.8 Å². The number of nitrogens with one attached hydrogen (secondary N) is 1. The molecule has 1 aliphatic rings. The standard InChI is InChI=1S/C26H25ClN2O3/c1-16-6-3-4-7-20(16)25(31)28-19-10-11-21(17(2)14-19)26(32)29-13-5-8-24(30)22-15-18(27)9-12-23(22)29/h3-4,6-7,9-12,14-15,24,30H,5,8,13H2,1-2H3,(H,28,31)/t24-/m0/s1. The molecule has 32 heavy (non-hydrogen) atoms. The lowest BCUT2D eigenvalue weighted by molar-refractivity contribution is 0.0985. The zero-order valence-electron chi connectivity index (χ0n) is 18.1. The Morgan fingerprint density at radius 3 is 2.53 bits per heavy atom. The summed E-state index contributed by atoms with van der Waals surface area (Å²) >= 11 is 6.13. The first-order valence-electron chi connectivity index (χ1n) is 10.6. The Labute approximate surface area is 192 Å². The molecule has 5 nitrogen and oxygen atoms in total. The SMILES string of the molecule is Cc1ccccc1C(=O)Nc1ccc(C(=O)N2CCC[C@H](O)c3cc(Cl)ccc32)c(C)c1. The molecule has 1 aliphatic heterocycles. The van der Waals surface area contributed by atoms with Gasteiger partial charge in [-0.3, -0.25) is 9.59 Å². The molecule has 0 bridgehead atoms. The second kappa shape index (κ2) is 9.15. The molecule has 4 rings (SSSR count). The minimum atomic E-state index is -0.651. The number of aliphatic hydroxyl groups is 1. The van der Waals surface area contributed by atoms with Crippen molar-refractivity contribution in [3.05, 3.63) is 93.5 Å². The summed E-state index contributed by atoms with van der Waals surface area (Å²) in [5.74, 6) is -0.328. The van der Waals surface area contributed by atoms with Crippen molar-refractivity contribution in [3.63, 3.8) is 0 Å². The Hall–Kier alpha value is -3.15. The molecule has 0 saturated heterocycles. The van der Waals surface area contributed by atoms with Crippen molar-refractivity contribution in [2.24, 2.45) is 0 Å². The summed E-state index contributed by atoms with van der Waals surface area (Å²) < 4.78 is 0. The number of aliphatic hydroxyl groups excluding tert-OH is 1. The van der Waals surface area contributed by atoms with Gasteiger partial charge in [-0.05, 0) is 80.3 Å². The number of amides is 2. The molecule has 164 valence electrons. The van der Waals surface area contributed by atoms with Crippen LogP contribution in [-0.2, 0) is 0 Å². The van der Waals surface area contributed by atoms with E-state index in [4.69, 9.17) is 11.6 Å². The molecule has 0 fully saturated rings. The highest BCUT2D eigenvalue weighted by Crippen LogP contribution is 2.36. The molecule has 0 spiro atoms. The average molecular weight is 449 g/mol. The zero-order chi connectivity index (χ0) is 22.8. The maximum absolute atomic E-state index is 13.5. The number of aryl methyl sites for hydroxylation is 2. The lowest BCUT2D eigenvalue weighted by atomic mass is 10.0. The quantitative estimate of drug-likeness (QED) is 0.541. The third-order valence-corrected chi connectivity index (χ3v) is 6.08. The van der Waals surface area contributed by atoms with Crippen LogP contribution in [0, 0.1) is 13.8 Å². The van der Waals surface area contributed by atoms with Gasteiger partial charge in [-0.2, -0.15) is 0 Å². The van der Waals surface area contributed by atoms with Gasteiger partial charge in [0.1, 0.15) is 0 Å². The highest BCUT2D eigenvalue weighted by molar-refractivity contribution is 6.30. The maximum atomic E-state index is 13.5. The smallest absolute Gasteiger partial charge is 0.258 e. The monoisotopic (exact) mass is 448 g/mol. The first kappa shape index (κ1) is 22.1. The zero-order valence-corrected chi connectivity index (χ0v) is 18.8. The summed E-state index contributed by atoms with van der Waals surface area (Å²) in [6.07, 6.45) is 0.602. The first-order chi connectivity index (χ1) is 15.3. The van der Waals surface area contributed by atoms with Crippen molar-refractivity contribution in [1.82, 2.24) is 0 Å². The third kappa shape index (κ3) is 4.40. The van der Waals surface area contributed by atoms with E-state index in [2.05, 4.69) is 5.32 Å². The summed E-state index contributed by atoms with van der Waals surface area (Å²) in [5, 5.41) is 13.9. The molecule has 0 aromatic heterocycles. The third-order valence-electron chi connectivity index (χ3n) is 5.85. The Bertz CT molecular complexity index is 1190. The van der Waals surface area contributed by atoms with E-state index in [1.165, 1.54) is 0 Å². The van der Waals surface area contributed by atoms with Crippen LogP contribution < -0.4 is 10.2 Å². The lowest BCUT2D eigenvalue weighted by Crippen LogP contribution is -2.32. The Kier molecular flexibility index (Phi) is 6.31. The van der Waals surface area contributed by atoms with Crippen LogP contribution in [0.3, 0.4) is 0 Å². The summed E-state index contributed by atoms with van der Waals surface area (Å²) in [4.78, 5) is 27.8. The average Bonchev–Trinajstić information content (AvgIpc) is 2.92. The Morgan fingerprint density at radius 2 is 1.78 bits per heavy atom. The lowest BCUT2D eigenvalue weighted by Gasteiger charge is -2.24. The number of nitrogens with zero attached hydrogens (tertiary/aromatic N) is 1. The second-order valence-electron chi connectivity index (χ2n) is 8.12. The number of halogens is 1. The molecule has 2 N–H and O–H groups in total. The number of hydrogen-bond donors (Lipinski definition) is 2. The van der Waals surface area contributed by atoms with Gasteiger partial charge in [-0.1, -0.05) is 29.8 Å². The maximum Gasteiger partial charge on any atom is 0.258 e. The van der Waals surface area contributed by atoms with E-state index in [0.717, 1.165) is 11.1 Å². The Morgan fingerprint density at radius 1 is 1.00 bits per heavy atom. The van der Waals surface area contributed by atoms with Gasteiger partial charge in [0.25, 0.3) is 11.8 Å². The number of carbonyl (C=O) groups excluding carboxylic acids is 2. The fourth-order valence-corrected chi connectivity index (χ4v) is 4.30. The van der Waals surface area contributed by atoms with Gasteiger partial charge in [0.2, 0.25) is 0 Å². The van der Waals surface area contributed by atoms with Gasteiger partial charge >= 0.3 is 0 Å². The van der Waals surface area contributed by atoms with E-state index in [0.29, 0.717) is 52.5 Å². The van der Waals surface area contributed by atoms with E-state index < -0.39 is 6.10 Å². The number of anilines is 2.